The van der Waals surface area contributed by atoms with Crippen molar-refractivity contribution >= 4 is 75.1 Å². The molecule has 3 heterocycles. The Morgan fingerprint density at radius 1 is 1.38 bits per heavy atom. The number of fused-ring (bicyclic) bond motifs is 1. The zero-order chi connectivity index (χ0) is 17.1. The van der Waals surface area contributed by atoms with E-state index in [9.17, 15) is 5.11 Å². The first-order valence-corrected chi connectivity index (χ1v) is 9.35. The molecular formula is C15H19Cl3N4O2S2. The number of halogens is 3. The first-order chi connectivity index (χ1) is 11.6. The van der Waals surface area contributed by atoms with E-state index in [1.54, 1.807) is 18.4 Å². The molecule has 0 aromatic carbocycles. The van der Waals surface area contributed by atoms with E-state index in [1.807, 2.05) is 11.4 Å². The average Bonchev–Trinajstić information content (AvgIpc) is 3.19. The minimum Gasteiger partial charge on any atom is -0.493 e. The van der Waals surface area contributed by atoms with E-state index < -0.39 is 0 Å². The number of methoxy groups -OCH3 is 1. The van der Waals surface area contributed by atoms with Crippen LogP contribution in [-0.2, 0) is 13.0 Å². The van der Waals surface area contributed by atoms with E-state index in [0.29, 0.717) is 30.0 Å². The summed E-state index contributed by atoms with van der Waals surface area (Å²) >= 11 is 9.26. The van der Waals surface area contributed by atoms with Crippen LogP contribution < -0.4 is 15.8 Å². The molecule has 1 unspecified atom stereocenters. The molecule has 0 amide bonds. The Morgan fingerprint density at radius 3 is 2.77 bits per heavy atom. The molecule has 26 heavy (non-hydrogen) atoms. The van der Waals surface area contributed by atoms with Crippen molar-refractivity contribution in [2.24, 2.45) is 5.73 Å². The lowest BCUT2D eigenvalue weighted by Crippen LogP contribution is -2.26. The molecule has 144 valence electrons. The molecule has 0 saturated carbocycles. The van der Waals surface area contributed by atoms with Crippen molar-refractivity contribution in [2.75, 3.05) is 19.0 Å². The molecule has 11 heteroatoms. The Labute approximate surface area is 176 Å². The van der Waals surface area contributed by atoms with Crippen molar-refractivity contribution in [3.05, 3.63) is 32.6 Å². The molecule has 0 bridgehead atoms. The van der Waals surface area contributed by atoms with Gasteiger partial charge in [-0.05, 0) is 23.0 Å². The van der Waals surface area contributed by atoms with Gasteiger partial charge in [-0.15, -0.1) is 47.5 Å². The maximum Gasteiger partial charge on any atom is 0.225 e. The predicted molar refractivity (Wildman–Crippen MR) is 114 cm³/mol. The molecule has 0 aliphatic rings. The highest BCUT2D eigenvalue weighted by Crippen LogP contribution is 2.40. The highest BCUT2D eigenvalue weighted by atomic mass is 35.5. The van der Waals surface area contributed by atoms with Gasteiger partial charge < -0.3 is 20.9 Å². The molecule has 0 radical (unpaired) electrons. The van der Waals surface area contributed by atoms with Gasteiger partial charge in [0.05, 0.1) is 29.8 Å². The normalized spacial score (nSPS) is 11.5. The first kappa shape index (κ1) is 23.2. The molecule has 0 fully saturated rings. The minimum absolute atomic E-state index is 0. The number of hydrogen-bond donors (Lipinski definition) is 3. The van der Waals surface area contributed by atoms with Gasteiger partial charge in [-0.25, -0.2) is 4.98 Å². The summed E-state index contributed by atoms with van der Waals surface area (Å²) < 4.78 is 6.37. The summed E-state index contributed by atoms with van der Waals surface area (Å²) in [5.41, 5.74) is 6.53. The van der Waals surface area contributed by atoms with Gasteiger partial charge in [-0.3, -0.25) is 0 Å². The molecule has 0 aliphatic carbocycles. The van der Waals surface area contributed by atoms with E-state index in [0.717, 1.165) is 9.58 Å². The van der Waals surface area contributed by atoms with Gasteiger partial charge in [0.25, 0.3) is 0 Å². The fourth-order valence-electron chi connectivity index (χ4n) is 2.33. The van der Waals surface area contributed by atoms with E-state index in [4.69, 9.17) is 22.1 Å². The number of aliphatic hydroxyl groups is 1. The van der Waals surface area contributed by atoms with Gasteiger partial charge in [-0.2, -0.15) is 4.98 Å². The highest BCUT2D eigenvalue weighted by Gasteiger charge is 2.20. The number of nitrogens with two attached hydrogens (primary N) is 1. The lowest BCUT2D eigenvalue weighted by Gasteiger charge is -2.07. The van der Waals surface area contributed by atoms with Crippen LogP contribution in [0.5, 0.6) is 5.75 Å². The average molecular weight is 458 g/mol. The van der Waals surface area contributed by atoms with Crippen LogP contribution in [0, 0.1) is 0 Å². The van der Waals surface area contributed by atoms with Crippen molar-refractivity contribution < 1.29 is 9.84 Å². The third-order valence-electron chi connectivity index (χ3n) is 3.43. The van der Waals surface area contributed by atoms with Gasteiger partial charge in [0.1, 0.15) is 11.3 Å². The Balaban J connectivity index is 0.00000169. The Morgan fingerprint density at radius 2 is 2.15 bits per heavy atom. The SMILES string of the molecule is COc1c(CC(N)CO)sc2c(NCc3cccs3)nc(Cl)nc12.Cl.Cl. The van der Waals surface area contributed by atoms with Crippen molar-refractivity contribution in [1.82, 2.24) is 9.97 Å². The molecular weight excluding hydrogens is 439 g/mol. The summed E-state index contributed by atoms with van der Waals surface area (Å²) in [6.45, 7) is 0.569. The molecule has 0 saturated heterocycles. The number of ether oxygens (including phenoxy) is 1. The molecule has 1 atom stereocenters. The van der Waals surface area contributed by atoms with Crippen molar-refractivity contribution in [3.8, 4) is 5.75 Å². The number of thiophene rings is 2. The summed E-state index contributed by atoms with van der Waals surface area (Å²) in [5.74, 6) is 1.31. The smallest absolute Gasteiger partial charge is 0.225 e. The maximum atomic E-state index is 9.20. The zero-order valence-electron chi connectivity index (χ0n) is 13.8. The van der Waals surface area contributed by atoms with E-state index in [-0.39, 0.29) is 42.7 Å². The van der Waals surface area contributed by atoms with E-state index in [1.165, 1.54) is 16.2 Å². The fraction of sp³-hybridized carbons (Fsp3) is 0.333. The summed E-state index contributed by atoms with van der Waals surface area (Å²) in [5, 5.41) is 14.7. The van der Waals surface area contributed by atoms with Crippen molar-refractivity contribution in [3.63, 3.8) is 0 Å². The van der Waals surface area contributed by atoms with Crippen molar-refractivity contribution in [1.29, 1.82) is 0 Å². The second kappa shape index (κ2) is 10.5. The topological polar surface area (TPSA) is 93.3 Å². The monoisotopic (exact) mass is 456 g/mol. The second-order valence-electron chi connectivity index (χ2n) is 5.16. The highest BCUT2D eigenvalue weighted by molar-refractivity contribution is 7.20. The first-order valence-electron chi connectivity index (χ1n) is 7.28. The predicted octanol–water partition coefficient (Wildman–Crippen LogP) is 3.73. The molecule has 0 spiro atoms. The van der Waals surface area contributed by atoms with Crippen LogP contribution in [0.15, 0.2) is 17.5 Å². The van der Waals surface area contributed by atoms with Crippen LogP contribution in [-0.4, -0.2) is 34.8 Å². The van der Waals surface area contributed by atoms with Crippen LogP contribution in [0.1, 0.15) is 9.75 Å². The lowest BCUT2D eigenvalue weighted by atomic mass is 10.2. The molecule has 3 aromatic rings. The number of aliphatic hydroxyl groups excluding tert-OH is 1. The lowest BCUT2D eigenvalue weighted by molar-refractivity contribution is 0.265. The number of nitrogens with one attached hydrogen (secondary N) is 1. The fourth-order valence-corrected chi connectivity index (χ4v) is 4.41. The van der Waals surface area contributed by atoms with Crippen LogP contribution in [0.25, 0.3) is 10.2 Å². The number of rotatable bonds is 7. The van der Waals surface area contributed by atoms with Gasteiger partial charge >= 0.3 is 0 Å². The van der Waals surface area contributed by atoms with Gasteiger partial charge in [0.2, 0.25) is 5.28 Å². The Bertz CT molecular complexity index is 830. The van der Waals surface area contributed by atoms with Crippen LogP contribution in [0.4, 0.5) is 5.82 Å². The quantitative estimate of drug-likeness (QED) is 0.468. The second-order valence-corrected chi connectivity index (χ2v) is 7.63. The summed E-state index contributed by atoms with van der Waals surface area (Å²) in [6.07, 6.45) is 0.503. The summed E-state index contributed by atoms with van der Waals surface area (Å²) in [4.78, 5) is 10.7. The third-order valence-corrected chi connectivity index (χ3v) is 5.66. The van der Waals surface area contributed by atoms with Gasteiger partial charge in [0.15, 0.2) is 5.75 Å². The largest absolute Gasteiger partial charge is 0.493 e. The number of nitrogens with zero attached hydrogens (tertiary/aromatic N) is 2. The number of aromatic nitrogens is 2. The van der Waals surface area contributed by atoms with E-state index >= 15 is 0 Å². The molecule has 3 rings (SSSR count). The molecule has 3 aromatic heterocycles. The number of anilines is 1. The minimum atomic E-state index is -0.349. The zero-order valence-corrected chi connectivity index (χ0v) is 17.8. The van der Waals surface area contributed by atoms with Crippen LogP contribution >= 0.6 is 59.1 Å². The molecule has 4 N–H and O–H groups in total. The Kier molecular flexibility index (Phi) is 9.32. The van der Waals surface area contributed by atoms with E-state index in [2.05, 4.69) is 21.4 Å². The summed E-state index contributed by atoms with van der Waals surface area (Å²) in [7, 11) is 1.59. The molecule has 0 aliphatic heterocycles. The maximum absolute atomic E-state index is 9.20. The number of hydrogen-bond acceptors (Lipinski definition) is 8. The summed E-state index contributed by atoms with van der Waals surface area (Å²) in [6, 6.07) is 3.71. The van der Waals surface area contributed by atoms with Gasteiger partial charge in [0, 0.05) is 17.3 Å². The van der Waals surface area contributed by atoms with Crippen LogP contribution in [0.3, 0.4) is 0 Å². The molecule has 6 nitrogen and oxygen atoms in total. The van der Waals surface area contributed by atoms with Crippen LogP contribution in [0.2, 0.25) is 5.28 Å². The third kappa shape index (κ3) is 5.10. The van der Waals surface area contributed by atoms with Crippen molar-refractivity contribution in [2.45, 2.75) is 19.0 Å². The standard InChI is InChI=1S/C15H17ClN4O2S2.2ClH/c1-22-12-10(5-8(17)7-21)24-13-11(12)19-15(16)20-14(13)18-6-9-3-2-4-23-9;;/h2-4,8,21H,5-7,17H2,1H3,(H,18,19,20);2*1H. The Hall–Kier alpha value is -0.870. The van der Waals surface area contributed by atoms with Gasteiger partial charge in [-0.1, -0.05) is 6.07 Å².